The fraction of sp³-hybridized carbons (Fsp3) is 0.500. The predicted molar refractivity (Wildman–Crippen MR) is 118 cm³/mol. The van der Waals surface area contributed by atoms with Crippen molar-refractivity contribution >= 4 is 29.9 Å². The molecule has 3 rings (SSSR count). The van der Waals surface area contributed by atoms with Gasteiger partial charge in [0.05, 0.1) is 12.2 Å². The molecule has 6 nitrogen and oxygen atoms in total. The Labute approximate surface area is 178 Å². The molecule has 1 aromatic heterocycles. The number of rotatable bonds is 6. The van der Waals surface area contributed by atoms with Crippen LogP contribution in [0.5, 0.6) is 0 Å². The summed E-state index contributed by atoms with van der Waals surface area (Å²) in [6, 6.07) is 9.92. The molecule has 0 bridgehead atoms. The van der Waals surface area contributed by atoms with Crippen molar-refractivity contribution in [3.8, 4) is 11.5 Å². The van der Waals surface area contributed by atoms with Gasteiger partial charge in [0.15, 0.2) is 5.96 Å². The normalized spacial score (nSPS) is 15.3. The molecule has 27 heavy (non-hydrogen) atoms. The van der Waals surface area contributed by atoms with Crippen LogP contribution in [0.4, 0.5) is 0 Å². The molecule has 0 unspecified atom stereocenters. The standard InChI is InChI=1S/C20H28N4O2.HI/c1-21-20(24(2)11-8-16-9-12-25-13-10-16)22-14-18-15-26-19(23-18)17-6-4-3-5-7-17;/h3-7,15-16H,8-14H2,1-2H3,(H,21,22);1H. The van der Waals surface area contributed by atoms with E-state index >= 15 is 0 Å². The van der Waals surface area contributed by atoms with Crippen LogP contribution in [0.15, 0.2) is 46.0 Å². The molecule has 2 aromatic rings. The number of benzene rings is 1. The zero-order valence-corrected chi connectivity index (χ0v) is 18.4. The number of aromatic nitrogens is 1. The molecule has 1 aromatic carbocycles. The third kappa shape index (κ3) is 6.49. The summed E-state index contributed by atoms with van der Waals surface area (Å²) in [6.45, 7) is 3.37. The van der Waals surface area contributed by atoms with Gasteiger partial charge < -0.3 is 19.4 Å². The molecule has 1 aliphatic rings. The summed E-state index contributed by atoms with van der Waals surface area (Å²) in [5.74, 6) is 2.28. The average Bonchev–Trinajstić information content (AvgIpc) is 3.17. The Morgan fingerprint density at radius 3 is 2.70 bits per heavy atom. The third-order valence-electron chi connectivity index (χ3n) is 4.79. The second-order valence-electron chi connectivity index (χ2n) is 6.68. The topological polar surface area (TPSA) is 62.9 Å². The Hall–Kier alpha value is -1.61. The molecule has 1 saturated heterocycles. The lowest BCUT2D eigenvalue weighted by atomic mass is 9.96. The van der Waals surface area contributed by atoms with Gasteiger partial charge in [0.25, 0.3) is 0 Å². The Morgan fingerprint density at radius 1 is 1.26 bits per heavy atom. The van der Waals surface area contributed by atoms with Gasteiger partial charge in [-0.1, -0.05) is 18.2 Å². The molecule has 148 valence electrons. The third-order valence-corrected chi connectivity index (χ3v) is 4.79. The van der Waals surface area contributed by atoms with E-state index in [4.69, 9.17) is 9.15 Å². The molecule has 0 atom stereocenters. The van der Waals surface area contributed by atoms with Crippen molar-refractivity contribution in [3.05, 3.63) is 42.3 Å². The Kier molecular flexibility index (Phi) is 9.06. The molecular formula is C20H29IN4O2. The van der Waals surface area contributed by atoms with Gasteiger partial charge in [-0.2, -0.15) is 0 Å². The first-order chi connectivity index (χ1) is 12.8. The van der Waals surface area contributed by atoms with Crippen LogP contribution in [0.1, 0.15) is 25.0 Å². The second-order valence-corrected chi connectivity index (χ2v) is 6.68. The molecule has 0 amide bonds. The Bertz CT molecular complexity index is 699. The maximum absolute atomic E-state index is 5.59. The first kappa shape index (κ1) is 21.7. The van der Waals surface area contributed by atoms with Gasteiger partial charge in [-0.3, -0.25) is 4.99 Å². The van der Waals surface area contributed by atoms with Gasteiger partial charge in [0.2, 0.25) is 5.89 Å². The van der Waals surface area contributed by atoms with Crippen molar-refractivity contribution in [2.24, 2.45) is 10.9 Å². The van der Waals surface area contributed by atoms with E-state index < -0.39 is 0 Å². The van der Waals surface area contributed by atoms with Gasteiger partial charge in [0, 0.05) is 39.4 Å². The van der Waals surface area contributed by atoms with Gasteiger partial charge in [-0.25, -0.2) is 4.98 Å². The van der Waals surface area contributed by atoms with Crippen molar-refractivity contribution in [1.82, 2.24) is 15.2 Å². The summed E-state index contributed by atoms with van der Waals surface area (Å²) in [6.07, 6.45) is 5.20. The number of nitrogens with one attached hydrogen (secondary N) is 1. The molecule has 1 fully saturated rings. The minimum Gasteiger partial charge on any atom is -0.444 e. The van der Waals surface area contributed by atoms with E-state index in [1.165, 1.54) is 19.3 Å². The van der Waals surface area contributed by atoms with Crippen LogP contribution in [0.3, 0.4) is 0 Å². The Morgan fingerprint density at radius 2 is 2.00 bits per heavy atom. The molecule has 2 heterocycles. The number of halogens is 1. The molecule has 0 aliphatic carbocycles. The molecular weight excluding hydrogens is 455 g/mol. The van der Waals surface area contributed by atoms with E-state index in [1.54, 1.807) is 6.26 Å². The smallest absolute Gasteiger partial charge is 0.226 e. The number of aliphatic imine (C=N–C) groups is 1. The lowest BCUT2D eigenvalue weighted by Crippen LogP contribution is -2.39. The van der Waals surface area contributed by atoms with Crippen LogP contribution in [0.25, 0.3) is 11.5 Å². The number of nitrogens with zero attached hydrogens (tertiary/aromatic N) is 3. The molecule has 1 N–H and O–H groups in total. The van der Waals surface area contributed by atoms with Crippen molar-refractivity contribution in [3.63, 3.8) is 0 Å². The molecule has 7 heteroatoms. The van der Waals surface area contributed by atoms with Crippen molar-refractivity contribution in [2.45, 2.75) is 25.8 Å². The number of guanidine groups is 1. The van der Waals surface area contributed by atoms with E-state index in [0.29, 0.717) is 12.4 Å². The SMILES string of the molecule is CN=C(NCc1coc(-c2ccccc2)n1)N(C)CCC1CCOCC1.I. The zero-order chi connectivity index (χ0) is 18.2. The Balaban J connectivity index is 0.00000261. The molecule has 0 saturated carbocycles. The minimum atomic E-state index is 0. The fourth-order valence-corrected chi connectivity index (χ4v) is 3.17. The largest absolute Gasteiger partial charge is 0.444 e. The predicted octanol–water partition coefficient (Wildman–Crippen LogP) is 3.78. The average molecular weight is 484 g/mol. The van der Waals surface area contributed by atoms with E-state index in [9.17, 15) is 0 Å². The van der Waals surface area contributed by atoms with Gasteiger partial charge in [0.1, 0.15) is 6.26 Å². The van der Waals surface area contributed by atoms with Gasteiger partial charge in [-0.05, 0) is 37.3 Å². The van der Waals surface area contributed by atoms with Crippen molar-refractivity contribution < 1.29 is 9.15 Å². The molecule has 0 radical (unpaired) electrons. The lowest BCUT2D eigenvalue weighted by molar-refractivity contribution is 0.0625. The van der Waals surface area contributed by atoms with E-state index in [2.05, 4.69) is 27.2 Å². The van der Waals surface area contributed by atoms with E-state index in [0.717, 1.165) is 42.9 Å². The van der Waals surface area contributed by atoms with E-state index in [1.807, 2.05) is 37.4 Å². The second kappa shape index (κ2) is 11.3. The quantitative estimate of drug-likeness (QED) is 0.384. The summed E-state index contributed by atoms with van der Waals surface area (Å²) in [5.41, 5.74) is 1.85. The highest BCUT2D eigenvalue weighted by atomic mass is 127. The zero-order valence-electron chi connectivity index (χ0n) is 16.1. The van der Waals surface area contributed by atoms with Crippen LogP contribution in [0.2, 0.25) is 0 Å². The molecule has 0 spiro atoms. The van der Waals surface area contributed by atoms with Crippen LogP contribution < -0.4 is 5.32 Å². The minimum absolute atomic E-state index is 0. The molecule has 1 aliphatic heterocycles. The highest BCUT2D eigenvalue weighted by Crippen LogP contribution is 2.19. The monoisotopic (exact) mass is 484 g/mol. The van der Waals surface area contributed by atoms with Gasteiger partial charge >= 0.3 is 0 Å². The van der Waals surface area contributed by atoms with Crippen LogP contribution in [-0.2, 0) is 11.3 Å². The highest BCUT2D eigenvalue weighted by Gasteiger charge is 2.15. The number of oxazole rings is 1. The number of hydrogen-bond acceptors (Lipinski definition) is 4. The van der Waals surface area contributed by atoms with Crippen molar-refractivity contribution in [1.29, 1.82) is 0 Å². The number of hydrogen-bond donors (Lipinski definition) is 1. The van der Waals surface area contributed by atoms with E-state index in [-0.39, 0.29) is 24.0 Å². The summed E-state index contributed by atoms with van der Waals surface area (Å²) >= 11 is 0. The number of ether oxygens (including phenoxy) is 1. The summed E-state index contributed by atoms with van der Waals surface area (Å²) in [4.78, 5) is 11.1. The summed E-state index contributed by atoms with van der Waals surface area (Å²) < 4.78 is 11.0. The lowest BCUT2D eigenvalue weighted by Gasteiger charge is -2.26. The highest BCUT2D eigenvalue weighted by molar-refractivity contribution is 14.0. The fourth-order valence-electron chi connectivity index (χ4n) is 3.17. The first-order valence-electron chi connectivity index (χ1n) is 9.25. The van der Waals surface area contributed by atoms with Crippen LogP contribution in [-0.4, -0.2) is 49.7 Å². The maximum Gasteiger partial charge on any atom is 0.226 e. The summed E-state index contributed by atoms with van der Waals surface area (Å²) in [7, 11) is 3.89. The summed E-state index contributed by atoms with van der Waals surface area (Å²) in [5, 5.41) is 3.37. The maximum atomic E-state index is 5.59. The first-order valence-corrected chi connectivity index (χ1v) is 9.25. The van der Waals surface area contributed by atoms with Crippen LogP contribution >= 0.6 is 24.0 Å². The van der Waals surface area contributed by atoms with Gasteiger partial charge in [-0.15, -0.1) is 24.0 Å². The van der Waals surface area contributed by atoms with Crippen molar-refractivity contribution in [2.75, 3.05) is 33.9 Å². The van der Waals surface area contributed by atoms with Crippen LogP contribution in [0, 0.1) is 5.92 Å².